The highest BCUT2D eigenvalue weighted by Gasteiger charge is 2.08. The van der Waals surface area contributed by atoms with Gasteiger partial charge in [-0.25, -0.2) is 9.78 Å². The van der Waals surface area contributed by atoms with Crippen LogP contribution in [0.25, 0.3) is 11.0 Å². The molecule has 0 unspecified atom stereocenters. The average Bonchev–Trinajstić information content (AvgIpc) is 2.97. The lowest BCUT2D eigenvalue weighted by Crippen LogP contribution is -2.11. The van der Waals surface area contributed by atoms with Gasteiger partial charge in [-0.3, -0.25) is 10.1 Å². The molecule has 128 valence electrons. The van der Waals surface area contributed by atoms with Crippen LogP contribution in [-0.4, -0.2) is 29.1 Å². The maximum Gasteiger partial charge on any atom is 0.413 e. The van der Waals surface area contributed by atoms with Crippen LogP contribution in [0.3, 0.4) is 0 Å². The zero-order valence-corrected chi connectivity index (χ0v) is 14.4. The van der Waals surface area contributed by atoms with E-state index in [-0.39, 0.29) is 5.91 Å². The minimum absolute atomic E-state index is 0.0959. The summed E-state index contributed by atoms with van der Waals surface area (Å²) in [4.78, 5) is 31.6. The first-order valence-corrected chi connectivity index (χ1v) is 8.25. The molecule has 0 atom stereocenters. The second-order valence-electron chi connectivity index (χ2n) is 5.19. The summed E-state index contributed by atoms with van der Waals surface area (Å²) >= 11 is 1.59. The SMILES string of the molecule is COC(=O)Nc1nc2ccc(Sc3ccc(NC(C)=O)cc3)cc2[nH]1. The minimum Gasteiger partial charge on any atom is -0.453 e. The van der Waals surface area contributed by atoms with E-state index in [0.717, 1.165) is 26.5 Å². The molecule has 0 spiro atoms. The molecule has 8 heteroatoms. The van der Waals surface area contributed by atoms with Crippen LogP contribution in [0.15, 0.2) is 52.3 Å². The first kappa shape index (κ1) is 16.8. The Morgan fingerprint density at radius 1 is 1.08 bits per heavy atom. The van der Waals surface area contributed by atoms with E-state index in [2.05, 4.69) is 25.3 Å². The fraction of sp³-hybridized carbons (Fsp3) is 0.118. The Balaban J connectivity index is 1.75. The summed E-state index contributed by atoms with van der Waals surface area (Å²) in [7, 11) is 1.30. The number of nitrogens with zero attached hydrogens (tertiary/aromatic N) is 1. The number of aromatic nitrogens is 2. The third-order valence-electron chi connectivity index (χ3n) is 3.27. The number of carbonyl (C=O) groups excluding carboxylic acids is 2. The smallest absolute Gasteiger partial charge is 0.413 e. The number of rotatable bonds is 4. The van der Waals surface area contributed by atoms with E-state index in [0.29, 0.717) is 5.95 Å². The topological polar surface area (TPSA) is 96.1 Å². The molecular weight excluding hydrogens is 340 g/mol. The standard InChI is InChI=1S/C17H16N4O3S/c1-10(22)18-11-3-5-12(6-4-11)25-13-7-8-14-15(9-13)20-16(19-14)21-17(23)24-2/h3-9H,1-2H3,(H,18,22)(H2,19,20,21,23). The van der Waals surface area contributed by atoms with E-state index in [9.17, 15) is 9.59 Å². The Bertz CT molecular complexity index is 921. The lowest BCUT2D eigenvalue weighted by atomic mass is 10.3. The normalized spacial score (nSPS) is 10.5. The van der Waals surface area contributed by atoms with Crippen LogP contribution in [0, 0.1) is 0 Å². The predicted octanol–water partition coefficient (Wildman–Crippen LogP) is 3.85. The number of benzene rings is 2. The van der Waals surface area contributed by atoms with Crippen molar-refractivity contribution >= 4 is 46.4 Å². The molecule has 1 aromatic heterocycles. The highest BCUT2D eigenvalue weighted by molar-refractivity contribution is 7.99. The second kappa shape index (κ2) is 7.27. The van der Waals surface area contributed by atoms with Gasteiger partial charge in [0.25, 0.3) is 0 Å². The van der Waals surface area contributed by atoms with Crippen LogP contribution in [0.1, 0.15) is 6.92 Å². The number of ether oxygens (including phenoxy) is 1. The summed E-state index contributed by atoms with van der Waals surface area (Å²) in [6.45, 7) is 1.48. The predicted molar refractivity (Wildman–Crippen MR) is 97.0 cm³/mol. The van der Waals surface area contributed by atoms with Crippen molar-refractivity contribution in [2.45, 2.75) is 16.7 Å². The van der Waals surface area contributed by atoms with Crippen molar-refractivity contribution in [3.05, 3.63) is 42.5 Å². The van der Waals surface area contributed by atoms with Gasteiger partial charge in [-0.15, -0.1) is 0 Å². The number of hydrogen-bond donors (Lipinski definition) is 3. The van der Waals surface area contributed by atoms with Crippen molar-refractivity contribution in [2.24, 2.45) is 0 Å². The monoisotopic (exact) mass is 356 g/mol. The zero-order chi connectivity index (χ0) is 17.8. The van der Waals surface area contributed by atoms with Gasteiger partial charge in [-0.2, -0.15) is 0 Å². The molecule has 7 nitrogen and oxygen atoms in total. The van der Waals surface area contributed by atoms with Crippen molar-refractivity contribution < 1.29 is 14.3 Å². The molecule has 0 aliphatic rings. The quantitative estimate of drug-likeness (QED) is 0.660. The van der Waals surface area contributed by atoms with E-state index in [1.165, 1.54) is 14.0 Å². The van der Waals surface area contributed by atoms with E-state index < -0.39 is 6.09 Å². The van der Waals surface area contributed by atoms with Gasteiger partial charge in [-0.05, 0) is 42.5 Å². The molecule has 0 fully saturated rings. The molecule has 0 aliphatic heterocycles. The number of anilines is 2. The Kier molecular flexibility index (Phi) is 4.90. The molecule has 3 rings (SSSR count). The van der Waals surface area contributed by atoms with E-state index in [4.69, 9.17) is 0 Å². The summed E-state index contributed by atoms with van der Waals surface area (Å²) in [5.74, 6) is 0.241. The number of aromatic amines is 1. The third kappa shape index (κ3) is 4.30. The Hall–Kier alpha value is -3.00. The van der Waals surface area contributed by atoms with Crippen LogP contribution in [-0.2, 0) is 9.53 Å². The molecule has 0 saturated heterocycles. The molecular formula is C17H16N4O3S. The number of methoxy groups -OCH3 is 1. The van der Waals surface area contributed by atoms with Crippen LogP contribution in [0.2, 0.25) is 0 Å². The summed E-state index contributed by atoms with van der Waals surface area (Å²) < 4.78 is 4.55. The highest BCUT2D eigenvalue weighted by Crippen LogP contribution is 2.30. The second-order valence-corrected chi connectivity index (χ2v) is 6.34. The van der Waals surface area contributed by atoms with Crippen LogP contribution in [0.4, 0.5) is 16.4 Å². The van der Waals surface area contributed by atoms with E-state index >= 15 is 0 Å². The molecule has 0 bridgehead atoms. The fourth-order valence-electron chi connectivity index (χ4n) is 2.20. The van der Waals surface area contributed by atoms with Gasteiger partial charge < -0.3 is 15.0 Å². The molecule has 3 aromatic rings. The van der Waals surface area contributed by atoms with Crippen molar-refractivity contribution in [1.82, 2.24) is 9.97 Å². The summed E-state index contributed by atoms with van der Waals surface area (Å²) in [5.41, 5.74) is 2.32. The first-order valence-electron chi connectivity index (χ1n) is 7.44. The van der Waals surface area contributed by atoms with Crippen LogP contribution >= 0.6 is 11.8 Å². The highest BCUT2D eigenvalue weighted by atomic mass is 32.2. The third-order valence-corrected chi connectivity index (χ3v) is 4.27. The van der Waals surface area contributed by atoms with Crippen molar-refractivity contribution in [3.63, 3.8) is 0 Å². The van der Waals surface area contributed by atoms with Crippen LogP contribution in [0.5, 0.6) is 0 Å². The lowest BCUT2D eigenvalue weighted by Gasteiger charge is -2.04. The molecule has 0 saturated carbocycles. The number of fused-ring (bicyclic) bond motifs is 1. The molecule has 2 aromatic carbocycles. The van der Waals surface area contributed by atoms with Gasteiger partial charge in [0.15, 0.2) is 0 Å². The van der Waals surface area contributed by atoms with Gasteiger partial charge in [0.2, 0.25) is 11.9 Å². The van der Waals surface area contributed by atoms with Gasteiger partial charge in [0.1, 0.15) is 0 Å². The van der Waals surface area contributed by atoms with Gasteiger partial charge in [0, 0.05) is 22.4 Å². The number of hydrogen-bond acceptors (Lipinski definition) is 5. The summed E-state index contributed by atoms with van der Waals surface area (Å²) in [6.07, 6.45) is -0.576. The Morgan fingerprint density at radius 3 is 2.48 bits per heavy atom. The minimum atomic E-state index is -0.576. The van der Waals surface area contributed by atoms with Crippen LogP contribution < -0.4 is 10.6 Å². The summed E-state index contributed by atoms with van der Waals surface area (Å²) in [5, 5.41) is 5.24. The molecule has 1 heterocycles. The van der Waals surface area contributed by atoms with Gasteiger partial charge >= 0.3 is 6.09 Å². The number of imidazole rings is 1. The molecule has 25 heavy (non-hydrogen) atoms. The zero-order valence-electron chi connectivity index (χ0n) is 13.6. The van der Waals surface area contributed by atoms with Crippen molar-refractivity contribution in [3.8, 4) is 0 Å². The fourth-order valence-corrected chi connectivity index (χ4v) is 3.06. The number of nitrogens with one attached hydrogen (secondary N) is 3. The number of carbonyl (C=O) groups is 2. The van der Waals surface area contributed by atoms with Gasteiger partial charge in [-0.1, -0.05) is 11.8 Å². The van der Waals surface area contributed by atoms with E-state index in [1.807, 2.05) is 42.5 Å². The molecule has 0 aliphatic carbocycles. The molecule has 3 N–H and O–H groups in total. The van der Waals surface area contributed by atoms with Crippen molar-refractivity contribution in [1.29, 1.82) is 0 Å². The van der Waals surface area contributed by atoms with Gasteiger partial charge in [0.05, 0.1) is 18.1 Å². The maximum absolute atomic E-state index is 11.2. The van der Waals surface area contributed by atoms with Crippen molar-refractivity contribution in [2.75, 3.05) is 17.7 Å². The molecule has 0 radical (unpaired) electrons. The first-order chi connectivity index (χ1) is 12.0. The van der Waals surface area contributed by atoms with E-state index in [1.54, 1.807) is 11.8 Å². The largest absolute Gasteiger partial charge is 0.453 e. The maximum atomic E-state index is 11.2. The average molecular weight is 356 g/mol. The number of amides is 2. The molecule has 2 amide bonds. The Labute approximate surface area is 148 Å². The lowest BCUT2D eigenvalue weighted by molar-refractivity contribution is -0.114. The number of H-pyrrole nitrogens is 1. The summed E-state index contributed by atoms with van der Waals surface area (Å²) in [6, 6.07) is 13.4. The Morgan fingerprint density at radius 2 is 1.80 bits per heavy atom.